The molecule has 102 valence electrons. The van der Waals surface area contributed by atoms with Gasteiger partial charge in [-0.3, -0.25) is 4.79 Å². The molecule has 1 aromatic rings. The quantitative estimate of drug-likeness (QED) is 0.694. The number of nitrogens with zero attached hydrogens (tertiary/aromatic N) is 2. The fourth-order valence-corrected chi connectivity index (χ4v) is 1.52. The number of rotatable bonds is 5. The zero-order chi connectivity index (χ0) is 13.8. The van der Waals surface area contributed by atoms with Gasteiger partial charge in [-0.1, -0.05) is 20.8 Å². The predicted octanol–water partition coefficient (Wildman–Crippen LogP) is 0.104. The van der Waals surface area contributed by atoms with Crippen molar-refractivity contribution in [1.82, 2.24) is 14.9 Å². The van der Waals surface area contributed by atoms with Gasteiger partial charge >= 0.3 is 0 Å². The summed E-state index contributed by atoms with van der Waals surface area (Å²) in [6, 6.07) is -0.598. The van der Waals surface area contributed by atoms with Gasteiger partial charge in [0.1, 0.15) is 5.82 Å². The molecule has 1 aromatic heterocycles. The highest BCUT2D eigenvalue weighted by molar-refractivity contribution is 5.82. The van der Waals surface area contributed by atoms with Crippen LogP contribution in [0.2, 0.25) is 0 Å². The van der Waals surface area contributed by atoms with Gasteiger partial charge in [-0.15, -0.1) is 0 Å². The number of hydrogen-bond acceptors (Lipinski definition) is 4. The van der Waals surface area contributed by atoms with Crippen molar-refractivity contribution in [1.29, 1.82) is 0 Å². The molecule has 18 heavy (non-hydrogen) atoms. The highest BCUT2D eigenvalue weighted by Gasteiger charge is 2.31. The number of nitrogens with two attached hydrogens (primary N) is 1. The minimum absolute atomic E-state index is 0.0939. The summed E-state index contributed by atoms with van der Waals surface area (Å²) < 4.78 is 0. The van der Waals surface area contributed by atoms with E-state index < -0.39 is 6.04 Å². The number of carbonyl (C=O) groups is 1. The molecular weight excluding hydrogens is 232 g/mol. The lowest BCUT2D eigenvalue weighted by Gasteiger charge is -2.31. The van der Waals surface area contributed by atoms with Crippen molar-refractivity contribution < 1.29 is 9.90 Å². The number of aromatic amines is 1. The van der Waals surface area contributed by atoms with Crippen LogP contribution >= 0.6 is 0 Å². The van der Waals surface area contributed by atoms with Crippen molar-refractivity contribution in [3.05, 3.63) is 18.2 Å². The summed E-state index contributed by atoms with van der Waals surface area (Å²) in [7, 11) is 0. The normalized spacial score (nSPS) is 13.4. The van der Waals surface area contributed by atoms with Gasteiger partial charge in [0, 0.05) is 18.9 Å². The van der Waals surface area contributed by atoms with Gasteiger partial charge in [-0.2, -0.15) is 0 Å². The number of aliphatic hydroxyl groups is 1. The molecule has 6 heteroatoms. The smallest absolute Gasteiger partial charge is 0.240 e. The first-order valence-corrected chi connectivity index (χ1v) is 5.99. The number of carbonyl (C=O) groups excluding carboxylic acids is 1. The number of H-pyrrole nitrogens is 1. The first-order chi connectivity index (χ1) is 8.36. The molecule has 0 unspecified atom stereocenters. The van der Waals surface area contributed by atoms with Gasteiger partial charge in [-0.05, 0) is 5.41 Å². The van der Waals surface area contributed by atoms with E-state index in [-0.39, 0.29) is 24.5 Å². The zero-order valence-corrected chi connectivity index (χ0v) is 11.2. The third-order valence-electron chi connectivity index (χ3n) is 2.78. The predicted molar refractivity (Wildman–Crippen MR) is 68.5 cm³/mol. The van der Waals surface area contributed by atoms with E-state index >= 15 is 0 Å². The second-order valence-electron chi connectivity index (χ2n) is 5.36. The average Bonchev–Trinajstić information content (AvgIpc) is 2.78. The van der Waals surface area contributed by atoms with E-state index in [1.807, 2.05) is 20.8 Å². The Balaban J connectivity index is 2.75. The molecule has 0 spiro atoms. The summed E-state index contributed by atoms with van der Waals surface area (Å²) in [5.41, 5.74) is 5.64. The molecule has 0 aliphatic carbocycles. The first-order valence-electron chi connectivity index (χ1n) is 5.99. The van der Waals surface area contributed by atoms with Gasteiger partial charge in [0.2, 0.25) is 5.91 Å². The summed E-state index contributed by atoms with van der Waals surface area (Å²) in [6.07, 6.45) is 3.32. The van der Waals surface area contributed by atoms with Crippen molar-refractivity contribution >= 4 is 5.91 Å². The molecule has 0 saturated carbocycles. The minimum Gasteiger partial charge on any atom is -0.395 e. The largest absolute Gasteiger partial charge is 0.395 e. The van der Waals surface area contributed by atoms with Crippen LogP contribution in [-0.4, -0.2) is 45.1 Å². The Labute approximate surface area is 107 Å². The Hall–Kier alpha value is -1.40. The maximum absolute atomic E-state index is 12.3. The molecule has 0 aliphatic heterocycles. The fourth-order valence-electron chi connectivity index (χ4n) is 1.52. The second kappa shape index (κ2) is 5.97. The van der Waals surface area contributed by atoms with Crippen LogP contribution in [0.5, 0.6) is 0 Å². The molecule has 1 rings (SSSR count). The third kappa shape index (κ3) is 3.82. The molecule has 0 fully saturated rings. The van der Waals surface area contributed by atoms with Crippen LogP contribution < -0.4 is 5.73 Å². The Bertz CT molecular complexity index is 370. The van der Waals surface area contributed by atoms with Crippen LogP contribution in [0, 0.1) is 5.41 Å². The van der Waals surface area contributed by atoms with E-state index in [4.69, 9.17) is 10.8 Å². The fraction of sp³-hybridized carbons (Fsp3) is 0.667. The molecule has 0 aliphatic rings. The number of hydrogen-bond donors (Lipinski definition) is 3. The highest BCUT2D eigenvalue weighted by atomic mass is 16.3. The van der Waals surface area contributed by atoms with Crippen LogP contribution in [0.1, 0.15) is 26.6 Å². The molecule has 0 saturated heterocycles. The standard InChI is InChI=1S/C12H22N4O2/c1-12(2,3)10(13)11(18)16(6-7-17)8-9-14-4-5-15-9/h4-5,10,17H,6-8,13H2,1-3H3,(H,14,15)/t10-/m1/s1. The lowest BCUT2D eigenvalue weighted by atomic mass is 9.86. The highest BCUT2D eigenvalue weighted by Crippen LogP contribution is 2.19. The molecule has 0 radical (unpaired) electrons. The maximum atomic E-state index is 12.3. The van der Waals surface area contributed by atoms with E-state index in [1.54, 1.807) is 12.4 Å². The maximum Gasteiger partial charge on any atom is 0.240 e. The number of aromatic nitrogens is 2. The first kappa shape index (κ1) is 14.7. The molecular formula is C12H22N4O2. The molecule has 0 bridgehead atoms. The molecule has 6 nitrogen and oxygen atoms in total. The molecule has 4 N–H and O–H groups in total. The Morgan fingerprint density at radius 3 is 2.72 bits per heavy atom. The van der Waals surface area contributed by atoms with E-state index in [2.05, 4.69) is 9.97 Å². The van der Waals surface area contributed by atoms with Crippen LogP contribution in [-0.2, 0) is 11.3 Å². The SMILES string of the molecule is CC(C)(C)[C@H](N)C(=O)N(CCO)Cc1ncc[nH]1. The zero-order valence-electron chi connectivity index (χ0n) is 11.2. The monoisotopic (exact) mass is 254 g/mol. The lowest BCUT2D eigenvalue weighted by Crippen LogP contribution is -2.50. The molecule has 1 amide bonds. The van der Waals surface area contributed by atoms with Crippen molar-refractivity contribution in [2.24, 2.45) is 11.1 Å². The Morgan fingerprint density at radius 1 is 1.61 bits per heavy atom. The van der Waals surface area contributed by atoms with Crippen LogP contribution in [0.4, 0.5) is 0 Å². The van der Waals surface area contributed by atoms with Gasteiger partial charge in [0.05, 0.1) is 19.2 Å². The number of aliphatic hydroxyl groups excluding tert-OH is 1. The number of amides is 1. The third-order valence-corrected chi connectivity index (χ3v) is 2.78. The average molecular weight is 254 g/mol. The van der Waals surface area contributed by atoms with Crippen LogP contribution in [0.15, 0.2) is 12.4 Å². The van der Waals surface area contributed by atoms with E-state index in [0.717, 1.165) is 0 Å². The summed E-state index contributed by atoms with van der Waals surface area (Å²) in [4.78, 5) is 20.8. The van der Waals surface area contributed by atoms with Gasteiger partial charge < -0.3 is 20.7 Å². The van der Waals surface area contributed by atoms with Crippen molar-refractivity contribution in [2.45, 2.75) is 33.4 Å². The molecule has 1 atom stereocenters. The molecule has 0 aromatic carbocycles. The van der Waals surface area contributed by atoms with Crippen molar-refractivity contribution in [3.63, 3.8) is 0 Å². The number of imidazole rings is 1. The second-order valence-corrected chi connectivity index (χ2v) is 5.36. The van der Waals surface area contributed by atoms with Crippen molar-refractivity contribution in [2.75, 3.05) is 13.2 Å². The van der Waals surface area contributed by atoms with Gasteiger partial charge in [0.15, 0.2) is 0 Å². The van der Waals surface area contributed by atoms with Crippen molar-refractivity contribution in [3.8, 4) is 0 Å². The van der Waals surface area contributed by atoms with Gasteiger partial charge in [-0.25, -0.2) is 4.98 Å². The lowest BCUT2D eigenvalue weighted by molar-refractivity contribution is -0.136. The summed E-state index contributed by atoms with van der Waals surface area (Å²) >= 11 is 0. The van der Waals surface area contributed by atoms with Crippen LogP contribution in [0.3, 0.4) is 0 Å². The van der Waals surface area contributed by atoms with E-state index in [0.29, 0.717) is 12.4 Å². The van der Waals surface area contributed by atoms with E-state index in [9.17, 15) is 4.79 Å². The molecule has 1 heterocycles. The summed E-state index contributed by atoms with van der Waals surface area (Å²) in [6.45, 7) is 6.24. The van der Waals surface area contributed by atoms with E-state index in [1.165, 1.54) is 4.90 Å². The minimum atomic E-state index is -0.598. The topological polar surface area (TPSA) is 95.2 Å². The number of nitrogens with one attached hydrogen (secondary N) is 1. The summed E-state index contributed by atoms with van der Waals surface area (Å²) in [5, 5.41) is 9.03. The Kier molecular flexibility index (Phi) is 4.86. The Morgan fingerprint density at radius 2 is 2.28 bits per heavy atom. The van der Waals surface area contributed by atoms with Gasteiger partial charge in [0.25, 0.3) is 0 Å². The van der Waals surface area contributed by atoms with Crippen LogP contribution in [0.25, 0.3) is 0 Å². The summed E-state index contributed by atoms with van der Waals surface area (Å²) in [5.74, 6) is 0.505.